The topological polar surface area (TPSA) is 58.1 Å². The number of rotatable bonds is 2. The largest absolute Gasteiger partial charge is 0.395 e. The molecule has 3 rings (SSSR count). The minimum atomic E-state index is -0.307. The molecule has 0 unspecified atom stereocenters. The molecular formula is C11H12N2O2. The van der Waals surface area contributed by atoms with Crippen molar-refractivity contribution < 1.29 is 9.84 Å². The van der Waals surface area contributed by atoms with Gasteiger partial charge in [0, 0.05) is 0 Å². The summed E-state index contributed by atoms with van der Waals surface area (Å²) in [7, 11) is 0. The van der Waals surface area contributed by atoms with Gasteiger partial charge in [-0.25, -0.2) is 4.98 Å². The number of imidazole rings is 1. The van der Waals surface area contributed by atoms with Gasteiger partial charge >= 0.3 is 0 Å². The van der Waals surface area contributed by atoms with Crippen LogP contribution in [-0.2, 0) is 10.2 Å². The molecule has 0 spiro atoms. The Morgan fingerprint density at radius 3 is 2.80 bits per heavy atom. The number of para-hydroxylation sites is 2. The van der Waals surface area contributed by atoms with Crippen LogP contribution in [0.4, 0.5) is 0 Å². The molecule has 1 aliphatic rings. The van der Waals surface area contributed by atoms with Crippen molar-refractivity contribution in [1.82, 2.24) is 9.97 Å². The Balaban J connectivity index is 2.11. The molecule has 1 aromatic carbocycles. The second kappa shape index (κ2) is 3.05. The normalized spacial score (nSPS) is 19.0. The van der Waals surface area contributed by atoms with E-state index >= 15 is 0 Å². The zero-order chi connectivity index (χ0) is 10.3. The number of nitrogens with one attached hydrogen (secondary N) is 1. The highest BCUT2D eigenvalue weighted by atomic mass is 16.5. The minimum Gasteiger partial charge on any atom is -0.395 e. The third-order valence-corrected chi connectivity index (χ3v) is 2.95. The lowest BCUT2D eigenvalue weighted by molar-refractivity contribution is -0.0879. The summed E-state index contributed by atoms with van der Waals surface area (Å²) in [4.78, 5) is 7.72. The summed E-state index contributed by atoms with van der Waals surface area (Å²) in [5, 5.41) is 9.38. The van der Waals surface area contributed by atoms with Gasteiger partial charge in [-0.05, 0) is 12.1 Å². The van der Waals surface area contributed by atoms with Crippen LogP contribution in [-0.4, -0.2) is 34.9 Å². The Kier molecular flexibility index (Phi) is 1.81. The number of ether oxygens (including phenoxy) is 1. The lowest BCUT2D eigenvalue weighted by Gasteiger charge is -2.37. The van der Waals surface area contributed by atoms with Crippen LogP contribution in [0.3, 0.4) is 0 Å². The Morgan fingerprint density at radius 1 is 1.40 bits per heavy atom. The first-order valence-electron chi connectivity index (χ1n) is 4.98. The average molecular weight is 204 g/mol. The molecule has 0 aliphatic carbocycles. The molecule has 1 fully saturated rings. The molecule has 0 bridgehead atoms. The summed E-state index contributed by atoms with van der Waals surface area (Å²) in [5.74, 6) is 0.831. The molecule has 2 aromatic rings. The van der Waals surface area contributed by atoms with E-state index in [9.17, 15) is 5.11 Å². The molecule has 15 heavy (non-hydrogen) atoms. The highest BCUT2D eigenvalue weighted by Crippen LogP contribution is 2.30. The lowest BCUT2D eigenvalue weighted by atomic mass is 9.86. The van der Waals surface area contributed by atoms with E-state index in [0.717, 1.165) is 16.9 Å². The molecule has 1 aliphatic heterocycles. The van der Waals surface area contributed by atoms with Crippen LogP contribution in [0.2, 0.25) is 0 Å². The van der Waals surface area contributed by atoms with Crippen molar-refractivity contribution in [3.63, 3.8) is 0 Å². The van der Waals surface area contributed by atoms with Gasteiger partial charge in [0.15, 0.2) is 0 Å². The number of benzene rings is 1. The monoisotopic (exact) mass is 204 g/mol. The molecule has 4 heteroatoms. The number of H-pyrrole nitrogens is 1. The number of hydrogen-bond acceptors (Lipinski definition) is 3. The van der Waals surface area contributed by atoms with Crippen LogP contribution in [0.1, 0.15) is 5.82 Å². The van der Waals surface area contributed by atoms with Gasteiger partial charge < -0.3 is 14.8 Å². The van der Waals surface area contributed by atoms with E-state index in [4.69, 9.17) is 4.74 Å². The number of aliphatic hydroxyl groups is 1. The molecule has 0 saturated carbocycles. The number of hydrogen-bond donors (Lipinski definition) is 2. The van der Waals surface area contributed by atoms with Crippen molar-refractivity contribution in [3.05, 3.63) is 30.1 Å². The van der Waals surface area contributed by atoms with E-state index in [1.54, 1.807) is 0 Å². The van der Waals surface area contributed by atoms with E-state index in [-0.39, 0.29) is 12.0 Å². The highest BCUT2D eigenvalue weighted by molar-refractivity contribution is 5.75. The summed E-state index contributed by atoms with van der Waals surface area (Å²) in [6, 6.07) is 7.86. The SMILES string of the molecule is OCC1(c2nc3ccccc3[nH]2)COC1. The predicted octanol–water partition coefficient (Wildman–Crippen LogP) is 0.823. The number of fused-ring (bicyclic) bond motifs is 1. The number of aromatic nitrogens is 2. The van der Waals surface area contributed by atoms with Crippen molar-refractivity contribution in [2.75, 3.05) is 19.8 Å². The van der Waals surface area contributed by atoms with Crippen LogP contribution >= 0.6 is 0 Å². The van der Waals surface area contributed by atoms with E-state index in [1.165, 1.54) is 0 Å². The second-order valence-corrected chi connectivity index (χ2v) is 4.03. The Labute approximate surface area is 86.9 Å². The van der Waals surface area contributed by atoms with Crippen molar-refractivity contribution in [2.24, 2.45) is 0 Å². The second-order valence-electron chi connectivity index (χ2n) is 4.03. The maximum Gasteiger partial charge on any atom is 0.120 e. The fraction of sp³-hybridized carbons (Fsp3) is 0.364. The van der Waals surface area contributed by atoms with Gasteiger partial charge in [0.2, 0.25) is 0 Å². The van der Waals surface area contributed by atoms with Crippen LogP contribution in [0.5, 0.6) is 0 Å². The molecule has 2 N–H and O–H groups in total. The average Bonchev–Trinajstić information content (AvgIpc) is 2.60. The van der Waals surface area contributed by atoms with Gasteiger partial charge in [-0.15, -0.1) is 0 Å². The maximum atomic E-state index is 9.38. The van der Waals surface area contributed by atoms with Crippen molar-refractivity contribution in [2.45, 2.75) is 5.41 Å². The highest BCUT2D eigenvalue weighted by Gasteiger charge is 2.42. The first-order valence-corrected chi connectivity index (χ1v) is 4.98. The third-order valence-electron chi connectivity index (χ3n) is 2.95. The number of aromatic amines is 1. The summed E-state index contributed by atoms with van der Waals surface area (Å²) in [5.41, 5.74) is 1.64. The summed E-state index contributed by atoms with van der Waals surface area (Å²) >= 11 is 0. The van der Waals surface area contributed by atoms with Crippen molar-refractivity contribution in [3.8, 4) is 0 Å². The van der Waals surface area contributed by atoms with Crippen LogP contribution in [0.25, 0.3) is 11.0 Å². The fourth-order valence-corrected chi connectivity index (χ4v) is 1.86. The molecule has 0 amide bonds. The fourth-order valence-electron chi connectivity index (χ4n) is 1.86. The molecule has 78 valence electrons. The molecule has 1 aromatic heterocycles. The quantitative estimate of drug-likeness (QED) is 0.761. The van der Waals surface area contributed by atoms with Gasteiger partial charge in [-0.3, -0.25) is 0 Å². The smallest absolute Gasteiger partial charge is 0.120 e. The molecule has 0 atom stereocenters. The summed E-state index contributed by atoms with van der Waals surface area (Å²) in [6.07, 6.45) is 0. The third kappa shape index (κ3) is 1.19. The minimum absolute atomic E-state index is 0.0762. The molecule has 4 nitrogen and oxygen atoms in total. The summed E-state index contributed by atoms with van der Waals surface area (Å²) in [6.45, 7) is 1.17. The van der Waals surface area contributed by atoms with Crippen molar-refractivity contribution >= 4 is 11.0 Å². The van der Waals surface area contributed by atoms with Gasteiger partial charge in [0.05, 0.1) is 36.3 Å². The van der Waals surface area contributed by atoms with E-state index in [1.807, 2.05) is 24.3 Å². The summed E-state index contributed by atoms with van der Waals surface area (Å²) < 4.78 is 5.16. The number of nitrogens with zero attached hydrogens (tertiary/aromatic N) is 1. The van der Waals surface area contributed by atoms with Gasteiger partial charge in [-0.1, -0.05) is 12.1 Å². The standard InChI is InChI=1S/C11H12N2O2/c14-5-11(6-15-7-11)10-12-8-3-1-2-4-9(8)13-10/h1-4,14H,5-7H2,(H,12,13). The lowest BCUT2D eigenvalue weighted by Crippen LogP contribution is -2.50. The molecule has 2 heterocycles. The molecule has 0 radical (unpaired) electrons. The zero-order valence-electron chi connectivity index (χ0n) is 8.23. The van der Waals surface area contributed by atoms with Crippen LogP contribution in [0, 0.1) is 0 Å². The van der Waals surface area contributed by atoms with Crippen LogP contribution < -0.4 is 0 Å². The first-order chi connectivity index (χ1) is 7.34. The predicted molar refractivity (Wildman–Crippen MR) is 55.7 cm³/mol. The molecule has 1 saturated heterocycles. The zero-order valence-corrected chi connectivity index (χ0v) is 8.23. The van der Waals surface area contributed by atoms with Gasteiger partial charge in [0.25, 0.3) is 0 Å². The van der Waals surface area contributed by atoms with Gasteiger partial charge in [-0.2, -0.15) is 0 Å². The van der Waals surface area contributed by atoms with E-state index in [2.05, 4.69) is 9.97 Å². The maximum absolute atomic E-state index is 9.38. The van der Waals surface area contributed by atoms with E-state index < -0.39 is 0 Å². The Bertz CT molecular complexity index is 450. The van der Waals surface area contributed by atoms with E-state index in [0.29, 0.717) is 13.2 Å². The van der Waals surface area contributed by atoms with Crippen molar-refractivity contribution in [1.29, 1.82) is 0 Å². The Hall–Kier alpha value is -1.39. The first kappa shape index (κ1) is 8.88. The van der Waals surface area contributed by atoms with Gasteiger partial charge in [0.1, 0.15) is 5.82 Å². The van der Waals surface area contributed by atoms with Crippen LogP contribution in [0.15, 0.2) is 24.3 Å². The molecular weight excluding hydrogens is 192 g/mol. The number of aliphatic hydroxyl groups excluding tert-OH is 1. The Morgan fingerprint density at radius 2 is 2.20 bits per heavy atom.